The van der Waals surface area contributed by atoms with Crippen LogP contribution in [-0.2, 0) is 10.0 Å². The van der Waals surface area contributed by atoms with Gasteiger partial charge in [-0.25, -0.2) is 17.9 Å². The molecule has 2 amide bonds. The number of carbonyl (C=O) groups is 1. The van der Waals surface area contributed by atoms with Gasteiger partial charge in [0.1, 0.15) is 4.99 Å². The zero-order valence-electron chi connectivity index (χ0n) is 10.4. The van der Waals surface area contributed by atoms with E-state index in [1.165, 1.54) is 35.6 Å². The highest BCUT2D eigenvalue weighted by atomic mass is 35.5. The molecular weight excluding hydrogens is 352 g/mol. The maximum atomic E-state index is 12.0. The van der Waals surface area contributed by atoms with Crippen LogP contribution in [0, 0.1) is 0 Å². The van der Waals surface area contributed by atoms with Crippen LogP contribution in [-0.4, -0.2) is 19.4 Å². The molecule has 0 bridgehead atoms. The van der Waals surface area contributed by atoms with E-state index in [0.29, 0.717) is 9.90 Å². The molecule has 0 spiro atoms. The summed E-state index contributed by atoms with van der Waals surface area (Å²) in [6, 6.07) is 8.03. The van der Waals surface area contributed by atoms with Gasteiger partial charge in [0.2, 0.25) is 0 Å². The second-order valence-electron chi connectivity index (χ2n) is 3.82. The van der Waals surface area contributed by atoms with Crippen molar-refractivity contribution in [1.82, 2.24) is 10.0 Å². The second-order valence-corrected chi connectivity index (χ2v) is 7.29. The monoisotopic (exact) mass is 360 g/mol. The minimum absolute atomic E-state index is 0.0657. The van der Waals surface area contributed by atoms with Crippen LogP contribution in [0.3, 0.4) is 0 Å². The summed E-state index contributed by atoms with van der Waals surface area (Å²) < 4.78 is 25.8. The number of rotatable bonds is 3. The Morgan fingerprint density at radius 3 is 2.43 bits per heavy atom. The number of carbonyl (C=O) groups excluding carboxylic acids is 1. The van der Waals surface area contributed by atoms with E-state index >= 15 is 0 Å². The Kier molecular flexibility index (Phi) is 4.94. The largest absolute Gasteiger partial charge is 0.333 e. The fourth-order valence-corrected chi connectivity index (χ4v) is 3.35. The third-order valence-electron chi connectivity index (χ3n) is 2.32. The van der Waals surface area contributed by atoms with Crippen molar-refractivity contribution in [3.8, 4) is 0 Å². The van der Waals surface area contributed by atoms with E-state index in [1.54, 1.807) is 17.5 Å². The molecule has 0 saturated heterocycles. The number of thiocarbonyl (C=S) groups is 1. The van der Waals surface area contributed by atoms with Gasteiger partial charge in [-0.2, -0.15) is 0 Å². The van der Waals surface area contributed by atoms with E-state index in [0.717, 1.165) is 0 Å². The van der Waals surface area contributed by atoms with Crippen molar-refractivity contribution < 1.29 is 13.2 Å². The lowest BCUT2D eigenvalue weighted by Gasteiger charge is -2.08. The maximum absolute atomic E-state index is 12.0. The van der Waals surface area contributed by atoms with Crippen molar-refractivity contribution in [3.63, 3.8) is 0 Å². The normalized spacial score (nSPS) is 10.9. The molecule has 0 fully saturated rings. The van der Waals surface area contributed by atoms with E-state index in [4.69, 9.17) is 23.8 Å². The Bertz CT molecular complexity index is 756. The maximum Gasteiger partial charge on any atom is 0.333 e. The predicted octanol–water partition coefficient (Wildman–Crippen LogP) is 2.77. The minimum atomic E-state index is -3.97. The Hall–Kier alpha value is -1.48. The molecular formula is C12H9ClN2O3S3. The predicted molar refractivity (Wildman–Crippen MR) is 86.3 cm³/mol. The lowest BCUT2D eigenvalue weighted by atomic mass is 10.4. The van der Waals surface area contributed by atoms with E-state index < -0.39 is 16.1 Å². The Morgan fingerprint density at radius 2 is 1.86 bits per heavy atom. The molecule has 21 heavy (non-hydrogen) atoms. The van der Waals surface area contributed by atoms with Gasteiger partial charge in [0, 0.05) is 5.02 Å². The Balaban J connectivity index is 2.05. The molecule has 2 N–H and O–H groups in total. The van der Waals surface area contributed by atoms with Gasteiger partial charge < -0.3 is 0 Å². The van der Waals surface area contributed by atoms with Gasteiger partial charge in [0.15, 0.2) is 0 Å². The van der Waals surface area contributed by atoms with Crippen LogP contribution in [0.25, 0.3) is 0 Å². The first kappa shape index (κ1) is 15.9. The molecule has 1 heterocycles. The number of sulfonamides is 1. The van der Waals surface area contributed by atoms with Crippen molar-refractivity contribution in [2.75, 3.05) is 0 Å². The number of hydrogen-bond acceptors (Lipinski definition) is 5. The van der Waals surface area contributed by atoms with Gasteiger partial charge in [-0.05, 0) is 35.7 Å². The molecule has 0 aliphatic rings. The van der Waals surface area contributed by atoms with Crippen LogP contribution in [0.2, 0.25) is 5.02 Å². The number of benzene rings is 1. The zero-order chi connectivity index (χ0) is 15.5. The fourth-order valence-electron chi connectivity index (χ4n) is 1.39. The van der Waals surface area contributed by atoms with E-state index in [2.05, 4.69) is 5.32 Å². The summed E-state index contributed by atoms with van der Waals surface area (Å²) in [7, 11) is -3.97. The summed E-state index contributed by atoms with van der Waals surface area (Å²) >= 11 is 12.0. The topological polar surface area (TPSA) is 75.3 Å². The lowest BCUT2D eigenvalue weighted by molar-refractivity contribution is 0.250. The smallest absolute Gasteiger partial charge is 0.297 e. The standard InChI is InChI=1S/C12H9ClN2O3S3/c13-8-3-5-9(6-4-8)21(17,18)15-12(16)14-11(19)10-2-1-7-20-10/h1-7H,(H2,14,15,16,19). The number of urea groups is 1. The molecule has 0 saturated carbocycles. The molecule has 0 aliphatic heterocycles. The quantitative estimate of drug-likeness (QED) is 0.825. The third kappa shape index (κ3) is 4.24. The number of nitrogens with one attached hydrogen (secondary N) is 2. The molecule has 2 rings (SSSR count). The highest BCUT2D eigenvalue weighted by Gasteiger charge is 2.18. The molecule has 9 heteroatoms. The molecule has 0 unspecified atom stereocenters. The van der Waals surface area contributed by atoms with Crippen LogP contribution in [0.5, 0.6) is 0 Å². The van der Waals surface area contributed by atoms with Crippen molar-refractivity contribution in [3.05, 3.63) is 51.7 Å². The van der Waals surface area contributed by atoms with Crippen molar-refractivity contribution in [2.45, 2.75) is 4.90 Å². The van der Waals surface area contributed by atoms with E-state index in [1.807, 2.05) is 4.72 Å². The van der Waals surface area contributed by atoms with Crippen LogP contribution < -0.4 is 10.0 Å². The molecule has 110 valence electrons. The highest BCUT2D eigenvalue weighted by molar-refractivity contribution is 7.90. The number of hydrogen-bond donors (Lipinski definition) is 2. The summed E-state index contributed by atoms with van der Waals surface area (Å²) in [5.41, 5.74) is 0. The Labute approximate surface area is 136 Å². The fraction of sp³-hybridized carbons (Fsp3) is 0. The molecule has 1 aromatic carbocycles. The summed E-state index contributed by atoms with van der Waals surface area (Å²) in [6.45, 7) is 0. The van der Waals surface area contributed by atoms with Gasteiger partial charge in [0.25, 0.3) is 10.0 Å². The lowest BCUT2D eigenvalue weighted by Crippen LogP contribution is -2.41. The molecule has 5 nitrogen and oxygen atoms in total. The summed E-state index contributed by atoms with van der Waals surface area (Å²) in [5.74, 6) is 0. The zero-order valence-corrected chi connectivity index (χ0v) is 13.6. The number of amides is 2. The summed E-state index contributed by atoms with van der Waals surface area (Å²) in [4.78, 5) is 12.5. The summed E-state index contributed by atoms with van der Waals surface area (Å²) in [5, 5.41) is 4.50. The van der Waals surface area contributed by atoms with Crippen LogP contribution in [0.15, 0.2) is 46.7 Å². The average molecular weight is 361 g/mol. The van der Waals surface area contributed by atoms with Gasteiger partial charge in [-0.3, -0.25) is 5.32 Å². The van der Waals surface area contributed by atoms with E-state index in [9.17, 15) is 13.2 Å². The van der Waals surface area contributed by atoms with Gasteiger partial charge >= 0.3 is 6.03 Å². The second kappa shape index (κ2) is 6.52. The first-order valence-electron chi connectivity index (χ1n) is 5.56. The third-order valence-corrected chi connectivity index (χ3v) is 5.26. The molecule has 0 radical (unpaired) electrons. The van der Waals surface area contributed by atoms with Crippen molar-refractivity contribution in [2.24, 2.45) is 0 Å². The van der Waals surface area contributed by atoms with Gasteiger partial charge in [0.05, 0.1) is 9.77 Å². The SMILES string of the molecule is O=C(NC(=S)c1cccs1)NS(=O)(=O)c1ccc(Cl)cc1. The van der Waals surface area contributed by atoms with Crippen LogP contribution in [0.4, 0.5) is 4.79 Å². The molecule has 0 aliphatic carbocycles. The number of halogens is 1. The average Bonchev–Trinajstić information content (AvgIpc) is 2.92. The summed E-state index contributed by atoms with van der Waals surface area (Å²) in [6.07, 6.45) is 0. The van der Waals surface area contributed by atoms with Gasteiger partial charge in [-0.1, -0.05) is 29.9 Å². The molecule has 0 atom stereocenters. The van der Waals surface area contributed by atoms with Crippen molar-refractivity contribution >= 4 is 56.2 Å². The van der Waals surface area contributed by atoms with Crippen molar-refractivity contribution in [1.29, 1.82) is 0 Å². The van der Waals surface area contributed by atoms with E-state index in [-0.39, 0.29) is 9.88 Å². The first-order chi connectivity index (χ1) is 9.88. The number of thiophene rings is 1. The van der Waals surface area contributed by atoms with Gasteiger partial charge in [-0.15, -0.1) is 11.3 Å². The highest BCUT2D eigenvalue weighted by Crippen LogP contribution is 2.14. The molecule has 2 aromatic rings. The van der Waals surface area contributed by atoms with Crippen LogP contribution >= 0.6 is 35.2 Å². The van der Waals surface area contributed by atoms with Crippen LogP contribution in [0.1, 0.15) is 4.88 Å². The molecule has 1 aromatic heterocycles. The Morgan fingerprint density at radius 1 is 1.19 bits per heavy atom. The first-order valence-corrected chi connectivity index (χ1v) is 8.70. The minimum Gasteiger partial charge on any atom is -0.297 e.